The molecule has 1 aromatic carbocycles. The molecule has 1 aromatic rings. The number of carbonyl (C=O) groups is 1. The molecule has 86 valence electrons. The lowest BCUT2D eigenvalue weighted by molar-refractivity contribution is 0.0979. The summed E-state index contributed by atoms with van der Waals surface area (Å²) in [5, 5.41) is 12.4. The zero-order chi connectivity index (χ0) is 11.5. The standard InChI is InChI=1S/C11H13NO4/c1-12-6-8(14)10-7(13)2-3-9-11(10)16-5-4-15-9/h2-3,12-13H,4-6H2,1H3. The van der Waals surface area contributed by atoms with Gasteiger partial charge in [-0.05, 0) is 19.2 Å². The largest absolute Gasteiger partial charge is 0.507 e. The van der Waals surface area contributed by atoms with Gasteiger partial charge in [-0.1, -0.05) is 0 Å². The van der Waals surface area contributed by atoms with Crippen molar-refractivity contribution in [2.24, 2.45) is 0 Å². The van der Waals surface area contributed by atoms with Crippen LogP contribution in [0.4, 0.5) is 0 Å². The normalized spacial score (nSPS) is 13.6. The van der Waals surface area contributed by atoms with E-state index in [4.69, 9.17) is 9.47 Å². The molecule has 0 bridgehead atoms. The number of likely N-dealkylation sites (N-methyl/N-ethyl adjacent to an activating group) is 1. The number of fused-ring (bicyclic) bond motifs is 1. The summed E-state index contributed by atoms with van der Waals surface area (Å²) < 4.78 is 10.7. The molecule has 1 heterocycles. The van der Waals surface area contributed by atoms with E-state index in [0.29, 0.717) is 24.7 Å². The predicted octanol–water partition coefficient (Wildman–Crippen LogP) is 0.566. The van der Waals surface area contributed by atoms with Gasteiger partial charge in [-0.25, -0.2) is 0 Å². The molecule has 5 nitrogen and oxygen atoms in total. The third-order valence-electron chi connectivity index (χ3n) is 2.30. The Morgan fingerprint density at radius 1 is 1.44 bits per heavy atom. The lowest BCUT2D eigenvalue weighted by Crippen LogP contribution is -2.22. The number of rotatable bonds is 3. The Hall–Kier alpha value is -1.75. The zero-order valence-corrected chi connectivity index (χ0v) is 8.95. The van der Waals surface area contributed by atoms with E-state index < -0.39 is 0 Å². The Kier molecular flexibility index (Phi) is 2.96. The molecule has 16 heavy (non-hydrogen) atoms. The van der Waals surface area contributed by atoms with Crippen LogP contribution in [0.15, 0.2) is 12.1 Å². The quantitative estimate of drug-likeness (QED) is 0.733. The van der Waals surface area contributed by atoms with Crippen molar-refractivity contribution in [3.63, 3.8) is 0 Å². The second-order valence-corrected chi connectivity index (χ2v) is 3.44. The summed E-state index contributed by atoms with van der Waals surface area (Å²) >= 11 is 0. The monoisotopic (exact) mass is 223 g/mol. The van der Waals surface area contributed by atoms with E-state index in [-0.39, 0.29) is 23.6 Å². The van der Waals surface area contributed by atoms with Crippen LogP contribution < -0.4 is 14.8 Å². The Morgan fingerprint density at radius 3 is 2.94 bits per heavy atom. The molecular formula is C11H13NO4. The fourth-order valence-corrected chi connectivity index (χ4v) is 1.62. The molecule has 2 rings (SSSR count). The molecule has 0 saturated heterocycles. The van der Waals surface area contributed by atoms with E-state index in [1.54, 1.807) is 13.1 Å². The lowest BCUT2D eigenvalue weighted by atomic mass is 10.1. The Labute approximate surface area is 93.0 Å². The van der Waals surface area contributed by atoms with E-state index in [9.17, 15) is 9.90 Å². The molecule has 0 saturated carbocycles. The first-order valence-electron chi connectivity index (χ1n) is 5.03. The number of hydrogen-bond donors (Lipinski definition) is 2. The van der Waals surface area contributed by atoms with Gasteiger partial charge in [0.05, 0.1) is 6.54 Å². The summed E-state index contributed by atoms with van der Waals surface area (Å²) in [6.45, 7) is 0.987. The first kappa shape index (κ1) is 10.8. The van der Waals surface area contributed by atoms with Crippen molar-refractivity contribution in [3.8, 4) is 17.2 Å². The molecule has 5 heteroatoms. The minimum Gasteiger partial charge on any atom is -0.507 e. The van der Waals surface area contributed by atoms with Gasteiger partial charge in [0, 0.05) is 0 Å². The first-order valence-corrected chi connectivity index (χ1v) is 5.03. The summed E-state index contributed by atoms with van der Waals surface area (Å²) in [6, 6.07) is 3.04. The van der Waals surface area contributed by atoms with Crippen LogP contribution in [-0.4, -0.2) is 37.7 Å². The van der Waals surface area contributed by atoms with Crippen LogP contribution in [0.5, 0.6) is 17.2 Å². The summed E-state index contributed by atoms with van der Waals surface area (Å²) in [5.41, 5.74) is 0.187. The fraction of sp³-hybridized carbons (Fsp3) is 0.364. The van der Waals surface area contributed by atoms with E-state index in [2.05, 4.69) is 5.32 Å². The summed E-state index contributed by atoms with van der Waals surface area (Å²) in [6.07, 6.45) is 0. The Bertz CT molecular complexity index is 417. The minimum absolute atomic E-state index is 0.0792. The average Bonchev–Trinajstić information content (AvgIpc) is 2.29. The molecule has 0 aliphatic carbocycles. The molecule has 0 unspecified atom stereocenters. The Morgan fingerprint density at radius 2 is 2.19 bits per heavy atom. The van der Waals surface area contributed by atoms with Crippen molar-refractivity contribution >= 4 is 5.78 Å². The number of hydrogen-bond acceptors (Lipinski definition) is 5. The number of Topliss-reactive ketones (excluding diaryl/α,β-unsaturated/α-hetero) is 1. The molecule has 0 spiro atoms. The first-order chi connectivity index (χ1) is 7.74. The number of nitrogens with one attached hydrogen (secondary N) is 1. The number of aromatic hydroxyl groups is 1. The second kappa shape index (κ2) is 4.40. The van der Waals surface area contributed by atoms with Gasteiger partial charge in [-0.15, -0.1) is 0 Å². The van der Waals surface area contributed by atoms with Gasteiger partial charge in [0.1, 0.15) is 24.5 Å². The number of ketones is 1. The third-order valence-corrected chi connectivity index (χ3v) is 2.30. The number of phenolic OH excluding ortho intramolecular Hbond substituents is 1. The molecule has 0 aromatic heterocycles. The maximum Gasteiger partial charge on any atom is 0.184 e. The summed E-state index contributed by atoms with van der Waals surface area (Å²) in [5.74, 6) is 0.543. The van der Waals surface area contributed by atoms with Crippen LogP contribution in [0, 0.1) is 0 Å². The zero-order valence-electron chi connectivity index (χ0n) is 8.95. The van der Waals surface area contributed by atoms with Crippen LogP contribution in [-0.2, 0) is 0 Å². The maximum absolute atomic E-state index is 11.8. The van der Waals surface area contributed by atoms with Crippen LogP contribution in [0.2, 0.25) is 0 Å². The van der Waals surface area contributed by atoms with Crippen molar-refractivity contribution < 1.29 is 19.4 Å². The molecule has 0 radical (unpaired) electrons. The van der Waals surface area contributed by atoms with Crippen molar-refractivity contribution in [2.45, 2.75) is 0 Å². The number of carbonyl (C=O) groups excluding carboxylic acids is 1. The van der Waals surface area contributed by atoms with Gasteiger partial charge in [0.25, 0.3) is 0 Å². The highest BCUT2D eigenvalue weighted by Crippen LogP contribution is 2.38. The summed E-state index contributed by atoms with van der Waals surface area (Å²) in [7, 11) is 1.67. The van der Waals surface area contributed by atoms with Gasteiger partial charge in [-0.2, -0.15) is 0 Å². The molecule has 2 N–H and O–H groups in total. The van der Waals surface area contributed by atoms with Gasteiger partial charge in [0.15, 0.2) is 17.3 Å². The van der Waals surface area contributed by atoms with Gasteiger partial charge in [-0.3, -0.25) is 4.79 Å². The van der Waals surface area contributed by atoms with Crippen molar-refractivity contribution in [3.05, 3.63) is 17.7 Å². The number of phenols is 1. The second-order valence-electron chi connectivity index (χ2n) is 3.44. The highest BCUT2D eigenvalue weighted by atomic mass is 16.6. The molecular weight excluding hydrogens is 210 g/mol. The van der Waals surface area contributed by atoms with Gasteiger partial charge in [0.2, 0.25) is 0 Å². The molecule has 0 atom stereocenters. The number of benzene rings is 1. The lowest BCUT2D eigenvalue weighted by Gasteiger charge is -2.21. The van der Waals surface area contributed by atoms with Crippen LogP contribution in [0.1, 0.15) is 10.4 Å². The topological polar surface area (TPSA) is 67.8 Å². The van der Waals surface area contributed by atoms with E-state index in [0.717, 1.165) is 0 Å². The van der Waals surface area contributed by atoms with E-state index in [1.165, 1.54) is 6.07 Å². The smallest absolute Gasteiger partial charge is 0.184 e. The van der Waals surface area contributed by atoms with Crippen molar-refractivity contribution in [1.82, 2.24) is 5.32 Å². The SMILES string of the molecule is CNCC(=O)c1c(O)ccc2c1OCCO2. The summed E-state index contributed by atoms with van der Waals surface area (Å²) in [4.78, 5) is 11.8. The van der Waals surface area contributed by atoms with Crippen LogP contribution >= 0.6 is 0 Å². The maximum atomic E-state index is 11.8. The molecule has 1 aliphatic heterocycles. The fourth-order valence-electron chi connectivity index (χ4n) is 1.62. The highest BCUT2D eigenvalue weighted by Gasteiger charge is 2.23. The van der Waals surface area contributed by atoms with Crippen LogP contribution in [0.3, 0.4) is 0 Å². The minimum atomic E-state index is -0.220. The third kappa shape index (κ3) is 1.81. The van der Waals surface area contributed by atoms with Gasteiger partial charge < -0.3 is 19.9 Å². The van der Waals surface area contributed by atoms with E-state index >= 15 is 0 Å². The van der Waals surface area contributed by atoms with Crippen LogP contribution in [0.25, 0.3) is 0 Å². The van der Waals surface area contributed by atoms with Gasteiger partial charge >= 0.3 is 0 Å². The average molecular weight is 223 g/mol. The Balaban J connectivity index is 2.45. The molecule has 0 fully saturated rings. The molecule has 0 amide bonds. The highest BCUT2D eigenvalue weighted by molar-refractivity contribution is 6.03. The predicted molar refractivity (Wildman–Crippen MR) is 57.4 cm³/mol. The number of ether oxygens (including phenoxy) is 2. The molecule has 1 aliphatic rings. The van der Waals surface area contributed by atoms with E-state index in [1.807, 2.05) is 0 Å². The van der Waals surface area contributed by atoms with Crippen molar-refractivity contribution in [1.29, 1.82) is 0 Å². The van der Waals surface area contributed by atoms with Crippen molar-refractivity contribution in [2.75, 3.05) is 26.8 Å².